The van der Waals surface area contributed by atoms with Crippen LogP contribution in [0.5, 0.6) is 11.5 Å². The number of rotatable bonds is 7. The van der Waals surface area contributed by atoms with E-state index in [9.17, 15) is 14.9 Å². The van der Waals surface area contributed by atoms with Crippen molar-refractivity contribution in [2.45, 2.75) is 18.9 Å². The van der Waals surface area contributed by atoms with Crippen LogP contribution in [0.25, 0.3) is 0 Å². The Morgan fingerprint density at radius 1 is 1.50 bits per heavy atom. The standard InChI is InChI=1S/C12H17N3O5/c1-12(14,11(13)16)5-6-20-8-3-4-10(19-2)9(7-8)15(17)18/h3-4,7H,5-6,14H2,1-2H3,(H2,13,16). The van der Waals surface area contributed by atoms with Gasteiger partial charge in [-0.1, -0.05) is 0 Å². The summed E-state index contributed by atoms with van der Waals surface area (Å²) in [7, 11) is 1.34. The summed E-state index contributed by atoms with van der Waals surface area (Å²) in [5, 5.41) is 10.8. The van der Waals surface area contributed by atoms with Gasteiger partial charge in [0, 0.05) is 6.42 Å². The van der Waals surface area contributed by atoms with Crippen LogP contribution in [0, 0.1) is 10.1 Å². The number of methoxy groups -OCH3 is 1. The van der Waals surface area contributed by atoms with Gasteiger partial charge in [-0.2, -0.15) is 0 Å². The highest BCUT2D eigenvalue weighted by molar-refractivity contribution is 5.83. The van der Waals surface area contributed by atoms with Crippen LogP contribution in [0.1, 0.15) is 13.3 Å². The maximum absolute atomic E-state index is 11.0. The van der Waals surface area contributed by atoms with E-state index in [1.54, 1.807) is 0 Å². The number of carbonyl (C=O) groups is 1. The zero-order valence-electron chi connectivity index (χ0n) is 11.3. The quantitative estimate of drug-likeness (QED) is 0.555. The first-order valence-corrected chi connectivity index (χ1v) is 5.82. The van der Waals surface area contributed by atoms with Crippen LogP contribution in [-0.4, -0.2) is 30.1 Å². The monoisotopic (exact) mass is 283 g/mol. The largest absolute Gasteiger partial charge is 0.493 e. The first-order valence-electron chi connectivity index (χ1n) is 5.82. The number of benzene rings is 1. The number of amides is 1. The van der Waals surface area contributed by atoms with Crippen LogP contribution >= 0.6 is 0 Å². The molecule has 0 saturated carbocycles. The normalized spacial score (nSPS) is 13.3. The summed E-state index contributed by atoms with van der Waals surface area (Å²) in [6.07, 6.45) is 0.197. The number of nitro groups is 1. The molecule has 1 aromatic carbocycles. The summed E-state index contributed by atoms with van der Waals surface area (Å²) in [6.45, 7) is 1.61. The number of ether oxygens (including phenoxy) is 2. The maximum Gasteiger partial charge on any atom is 0.314 e. The summed E-state index contributed by atoms with van der Waals surface area (Å²) in [6, 6.07) is 4.21. The molecule has 0 radical (unpaired) electrons. The Labute approximate surface area is 115 Å². The lowest BCUT2D eigenvalue weighted by atomic mass is 9.99. The van der Waals surface area contributed by atoms with Gasteiger partial charge < -0.3 is 20.9 Å². The number of nitrogens with two attached hydrogens (primary N) is 2. The molecule has 0 aliphatic rings. The minimum atomic E-state index is -1.18. The summed E-state index contributed by atoms with van der Waals surface area (Å²) in [5.74, 6) is -0.206. The Balaban J connectivity index is 2.72. The van der Waals surface area contributed by atoms with Gasteiger partial charge in [-0.05, 0) is 19.1 Å². The molecule has 0 aromatic heterocycles. The molecule has 0 aliphatic heterocycles. The van der Waals surface area contributed by atoms with E-state index in [0.717, 1.165) is 0 Å². The van der Waals surface area contributed by atoms with Crippen molar-refractivity contribution in [1.29, 1.82) is 0 Å². The van der Waals surface area contributed by atoms with Crippen molar-refractivity contribution in [3.05, 3.63) is 28.3 Å². The molecule has 1 amide bonds. The fourth-order valence-electron chi connectivity index (χ4n) is 1.41. The molecule has 0 aliphatic carbocycles. The molecule has 0 bridgehead atoms. The Bertz CT molecular complexity index is 516. The van der Waals surface area contributed by atoms with Crippen molar-refractivity contribution >= 4 is 11.6 Å². The lowest BCUT2D eigenvalue weighted by molar-refractivity contribution is -0.385. The molecule has 8 nitrogen and oxygen atoms in total. The van der Waals surface area contributed by atoms with E-state index in [1.807, 2.05) is 0 Å². The second-order valence-corrected chi connectivity index (χ2v) is 4.47. The zero-order valence-corrected chi connectivity index (χ0v) is 11.3. The third-order valence-electron chi connectivity index (χ3n) is 2.80. The molecule has 1 atom stereocenters. The van der Waals surface area contributed by atoms with Gasteiger partial charge in [-0.3, -0.25) is 14.9 Å². The fourth-order valence-corrected chi connectivity index (χ4v) is 1.41. The number of carbonyl (C=O) groups excluding carboxylic acids is 1. The number of primary amides is 1. The number of nitrogens with zero attached hydrogens (tertiary/aromatic N) is 1. The Morgan fingerprint density at radius 2 is 2.15 bits per heavy atom. The molecule has 8 heteroatoms. The smallest absolute Gasteiger partial charge is 0.314 e. The Hall–Kier alpha value is -2.35. The van der Waals surface area contributed by atoms with E-state index < -0.39 is 16.4 Å². The molecule has 0 saturated heterocycles. The average molecular weight is 283 g/mol. The topological polar surface area (TPSA) is 131 Å². The predicted octanol–water partition coefficient (Wildman–Crippen LogP) is 0.575. The minimum absolute atomic E-state index is 0.111. The Kier molecular flexibility index (Phi) is 4.87. The summed E-state index contributed by atoms with van der Waals surface area (Å²) in [4.78, 5) is 21.3. The van der Waals surface area contributed by atoms with Gasteiger partial charge in [0.15, 0.2) is 5.75 Å². The third-order valence-corrected chi connectivity index (χ3v) is 2.80. The molecule has 110 valence electrons. The van der Waals surface area contributed by atoms with Gasteiger partial charge in [0.2, 0.25) is 5.91 Å². The van der Waals surface area contributed by atoms with Crippen molar-refractivity contribution in [3.8, 4) is 11.5 Å². The van der Waals surface area contributed by atoms with E-state index >= 15 is 0 Å². The van der Waals surface area contributed by atoms with Gasteiger partial charge in [-0.25, -0.2) is 0 Å². The zero-order chi connectivity index (χ0) is 15.3. The molecule has 1 aromatic rings. The lowest BCUT2D eigenvalue weighted by Crippen LogP contribution is -2.50. The van der Waals surface area contributed by atoms with E-state index in [0.29, 0.717) is 0 Å². The number of hydrogen-bond acceptors (Lipinski definition) is 6. The van der Waals surface area contributed by atoms with Crippen molar-refractivity contribution in [1.82, 2.24) is 0 Å². The second kappa shape index (κ2) is 6.20. The highest BCUT2D eigenvalue weighted by Crippen LogP contribution is 2.30. The van der Waals surface area contributed by atoms with Crippen LogP contribution in [0.4, 0.5) is 5.69 Å². The third kappa shape index (κ3) is 3.82. The van der Waals surface area contributed by atoms with Crippen LogP contribution in [0.2, 0.25) is 0 Å². The first kappa shape index (κ1) is 15.7. The molecule has 0 heterocycles. The van der Waals surface area contributed by atoms with E-state index in [-0.39, 0.29) is 30.2 Å². The van der Waals surface area contributed by atoms with Gasteiger partial charge in [0.05, 0.1) is 30.2 Å². The molecule has 0 spiro atoms. The van der Waals surface area contributed by atoms with Crippen molar-refractivity contribution in [2.75, 3.05) is 13.7 Å². The molecule has 1 rings (SSSR count). The first-order chi connectivity index (χ1) is 9.27. The van der Waals surface area contributed by atoms with Crippen LogP contribution in [0.3, 0.4) is 0 Å². The van der Waals surface area contributed by atoms with Gasteiger partial charge in [0.1, 0.15) is 5.75 Å². The summed E-state index contributed by atoms with van der Waals surface area (Å²) in [5.41, 5.74) is 9.41. The van der Waals surface area contributed by atoms with E-state index in [4.69, 9.17) is 20.9 Å². The van der Waals surface area contributed by atoms with Gasteiger partial charge in [-0.15, -0.1) is 0 Å². The van der Waals surface area contributed by atoms with E-state index in [2.05, 4.69) is 0 Å². The van der Waals surface area contributed by atoms with Crippen LogP contribution in [-0.2, 0) is 4.79 Å². The molecule has 20 heavy (non-hydrogen) atoms. The SMILES string of the molecule is COc1ccc(OCCC(C)(N)C(N)=O)cc1[N+](=O)[O-]. The molecular formula is C12H17N3O5. The molecule has 1 unspecified atom stereocenters. The molecule has 4 N–H and O–H groups in total. The summed E-state index contributed by atoms with van der Waals surface area (Å²) >= 11 is 0. The number of nitro benzene ring substituents is 1. The highest BCUT2D eigenvalue weighted by Gasteiger charge is 2.25. The van der Waals surface area contributed by atoms with Crippen molar-refractivity contribution in [2.24, 2.45) is 11.5 Å². The number of hydrogen-bond donors (Lipinski definition) is 2. The van der Waals surface area contributed by atoms with Crippen LogP contribution in [0.15, 0.2) is 18.2 Å². The predicted molar refractivity (Wildman–Crippen MR) is 71.5 cm³/mol. The maximum atomic E-state index is 11.0. The van der Waals surface area contributed by atoms with Gasteiger partial charge >= 0.3 is 5.69 Å². The highest BCUT2D eigenvalue weighted by atomic mass is 16.6. The van der Waals surface area contributed by atoms with Gasteiger partial charge in [0.25, 0.3) is 0 Å². The molecule has 0 fully saturated rings. The van der Waals surface area contributed by atoms with E-state index in [1.165, 1.54) is 32.2 Å². The average Bonchev–Trinajstić information content (AvgIpc) is 2.38. The lowest BCUT2D eigenvalue weighted by Gasteiger charge is -2.20. The fraction of sp³-hybridized carbons (Fsp3) is 0.417. The van der Waals surface area contributed by atoms with Crippen molar-refractivity contribution < 1.29 is 19.2 Å². The Morgan fingerprint density at radius 3 is 2.65 bits per heavy atom. The molecular weight excluding hydrogens is 266 g/mol. The minimum Gasteiger partial charge on any atom is -0.493 e. The second-order valence-electron chi connectivity index (χ2n) is 4.47. The summed E-state index contributed by atoms with van der Waals surface area (Å²) < 4.78 is 10.2. The van der Waals surface area contributed by atoms with Crippen molar-refractivity contribution in [3.63, 3.8) is 0 Å². The van der Waals surface area contributed by atoms with Crippen LogP contribution < -0.4 is 20.9 Å².